The van der Waals surface area contributed by atoms with Crippen molar-refractivity contribution in [1.29, 1.82) is 0 Å². The lowest BCUT2D eigenvalue weighted by Gasteiger charge is -1.96. The number of H-pyrrole nitrogens is 1. The zero-order chi connectivity index (χ0) is 10.1. The van der Waals surface area contributed by atoms with Crippen LogP contribution in [-0.4, -0.2) is 22.5 Å². The van der Waals surface area contributed by atoms with Gasteiger partial charge in [-0.2, -0.15) is 0 Å². The summed E-state index contributed by atoms with van der Waals surface area (Å²) in [6.45, 7) is 2.15. The Morgan fingerprint density at radius 2 is 2.43 bits per heavy atom. The van der Waals surface area contributed by atoms with Gasteiger partial charge in [-0.15, -0.1) is 0 Å². The number of aromatic nitrogens is 2. The average Bonchev–Trinajstić information content (AvgIpc) is 2.91. The first-order valence-electron chi connectivity index (χ1n) is 4.65. The van der Waals surface area contributed by atoms with Crippen molar-refractivity contribution in [3.05, 3.63) is 16.1 Å². The quantitative estimate of drug-likeness (QED) is 0.847. The first kappa shape index (κ1) is 9.71. The van der Waals surface area contributed by atoms with Gasteiger partial charge in [-0.05, 0) is 35.7 Å². The maximum absolute atomic E-state index is 11.4. The summed E-state index contributed by atoms with van der Waals surface area (Å²) in [6.07, 6.45) is 2.31. The lowest BCUT2D eigenvalue weighted by molar-refractivity contribution is 0.0519. The van der Waals surface area contributed by atoms with E-state index in [1.54, 1.807) is 6.92 Å². The lowest BCUT2D eigenvalue weighted by Crippen LogP contribution is -2.05. The van der Waals surface area contributed by atoms with Gasteiger partial charge in [0.1, 0.15) is 10.4 Å². The average molecular weight is 259 g/mol. The van der Waals surface area contributed by atoms with Crippen molar-refractivity contribution in [3.8, 4) is 0 Å². The molecule has 0 bridgehead atoms. The maximum atomic E-state index is 11.4. The number of ether oxygens (including phenoxy) is 1. The largest absolute Gasteiger partial charge is 0.461 e. The number of rotatable bonds is 3. The maximum Gasteiger partial charge on any atom is 0.359 e. The molecule has 14 heavy (non-hydrogen) atoms. The minimum atomic E-state index is -0.373. The molecule has 1 N–H and O–H groups in total. The Kier molecular flexibility index (Phi) is 2.58. The molecule has 1 aromatic rings. The first-order valence-corrected chi connectivity index (χ1v) is 5.44. The van der Waals surface area contributed by atoms with E-state index in [1.165, 1.54) is 0 Å². The van der Waals surface area contributed by atoms with Crippen molar-refractivity contribution >= 4 is 21.9 Å². The Balaban J connectivity index is 2.19. The van der Waals surface area contributed by atoms with E-state index >= 15 is 0 Å². The Morgan fingerprint density at radius 3 is 3.00 bits per heavy atom. The second-order valence-corrected chi connectivity index (χ2v) is 4.07. The fourth-order valence-electron chi connectivity index (χ4n) is 1.25. The Morgan fingerprint density at radius 1 is 1.71 bits per heavy atom. The summed E-state index contributed by atoms with van der Waals surface area (Å²) in [4.78, 5) is 18.7. The summed E-state index contributed by atoms with van der Waals surface area (Å²) >= 11 is 3.26. The highest BCUT2D eigenvalue weighted by molar-refractivity contribution is 9.10. The van der Waals surface area contributed by atoms with Crippen LogP contribution >= 0.6 is 15.9 Å². The predicted octanol–water partition coefficient (Wildman–Crippen LogP) is 2.23. The molecule has 0 amide bonds. The van der Waals surface area contributed by atoms with E-state index in [-0.39, 0.29) is 5.97 Å². The molecule has 1 fully saturated rings. The highest BCUT2D eigenvalue weighted by Gasteiger charge is 2.29. The van der Waals surface area contributed by atoms with E-state index in [9.17, 15) is 4.79 Å². The molecule has 0 saturated heterocycles. The SMILES string of the molecule is CCOC(=O)c1nc(C2CC2)[nH]c1Br. The lowest BCUT2D eigenvalue weighted by atomic mass is 10.4. The Hall–Kier alpha value is -0.840. The van der Waals surface area contributed by atoms with Crippen LogP contribution in [0.3, 0.4) is 0 Å². The summed E-state index contributed by atoms with van der Waals surface area (Å²) in [7, 11) is 0. The third-order valence-electron chi connectivity index (χ3n) is 2.11. The van der Waals surface area contributed by atoms with Crippen molar-refractivity contribution in [3.63, 3.8) is 0 Å². The van der Waals surface area contributed by atoms with Gasteiger partial charge >= 0.3 is 5.97 Å². The fourth-order valence-corrected chi connectivity index (χ4v) is 1.71. The zero-order valence-corrected chi connectivity index (χ0v) is 9.43. The van der Waals surface area contributed by atoms with Crippen LogP contribution in [0.25, 0.3) is 0 Å². The van der Waals surface area contributed by atoms with E-state index in [2.05, 4.69) is 25.9 Å². The monoisotopic (exact) mass is 258 g/mol. The molecule has 0 atom stereocenters. The van der Waals surface area contributed by atoms with Crippen LogP contribution in [0.2, 0.25) is 0 Å². The van der Waals surface area contributed by atoms with E-state index in [0.29, 0.717) is 22.8 Å². The van der Waals surface area contributed by atoms with Gasteiger partial charge in [-0.1, -0.05) is 0 Å². The predicted molar refractivity (Wildman–Crippen MR) is 54.2 cm³/mol. The standard InChI is InChI=1S/C9H11BrN2O2/c1-2-14-9(13)6-7(10)12-8(11-6)5-3-4-5/h5H,2-4H2,1H3,(H,11,12). The molecule has 0 aromatic carbocycles. The van der Waals surface area contributed by atoms with Gasteiger partial charge in [0.2, 0.25) is 0 Å². The number of imidazole rings is 1. The number of halogens is 1. The normalized spacial score (nSPS) is 15.6. The Bertz CT molecular complexity index is 358. The molecule has 1 aliphatic carbocycles. The topological polar surface area (TPSA) is 55.0 Å². The van der Waals surface area contributed by atoms with Crippen molar-refractivity contribution < 1.29 is 9.53 Å². The molecular formula is C9H11BrN2O2. The van der Waals surface area contributed by atoms with Gasteiger partial charge < -0.3 is 9.72 Å². The van der Waals surface area contributed by atoms with Crippen molar-refractivity contribution in [2.45, 2.75) is 25.7 Å². The number of aromatic amines is 1. The van der Waals surface area contributed by atoms with Gasteiger partial charge in [0.05, 0.1) is 6.61 Å². The third-order valence-corrected chi connectivity index (χ3v) is 2.68. The van der Waals surface area contributed by atoms with Gasteiger partial charge in [0.25, 0.3) is 0 Å². The number of nitrogens with one attached hydrogen (secondary N) is 1. The van der Waals surface area contributed by atoms with E-state index in [0.717, 1.165) is 18.7 Å². The minimum Gasteiger partial charge on any atom is -0.461 e. The number of hydrogen-bond donors (Lipinski definition) is 1. The number of nitrogens with zero attached hydrogens (tertiary/aromatic N) is 1. The molecular weight excluding hydrogens is 248 g/mol. The first-order chi connectivity index (χ1) is 6.72. The molecule has 0 aliphatic heterocycles. The van der Waals surface area contributed by atoms with E-state index in [4.69, 9.17) is 4.74 Å². The molecule has 1 aromatic heterocycles. The van der Waals surface area contributed by atoms with Crippen LogP contribution in [0.4, 0.5) is 0 Å². The van der Waals surface area contributed by atoms with Crippen LogP contribution in [0.15, 0.2) is 4.60 Å². The molecule has 76 valence electrons. The number of carbonyl (C=O) groups is 1. The van der Waals surface area contributed by atoms with E-state index < -0.39 is 0 Å². The molecule has 0 radical (unpaired) electrons. The van der Waals surface area contributed by atoms with E-state index in [1.807, 2.05) is 0 Å². The third kappa shape index (κ3) is 1.82. The second kappa shape index (κ2) is 3.73. The summed E-state index contributed by atoms with van der Waals surface area (Å²) in [5, 5.41) is 0. The molecule has 1 saturated carbocycles. The van der Waals surface area contributed by atoms with Gasteiger partial charge in [-0.3, -0.25) is 0 Å². The zero-order valence-electron chi connectivity index (χ0n) is 7.84. The molecule has 2 rings (SSSR count). The van der Waals surface area contributed by atoms with Crippen molar-refractivity contribution in [1.82, 2.24) is 9.97 Å². The van der Waals surface area contributed by atoms with Crippen LogP contribution in [0, 0.1) is 0 Å². The molecule has 1 heterocycles. The van der Waals surface area contributed by atoms with Crippen LogP contribution in [-0.2, 0) is 4.74 Å². The molecule has 1 aliphatic rings. The summed E-state index contributed by atoms with van der Waals surface area (Å²) in [5.74, 6) is 1.02. The highest BCUT2D eigenvalue weighted by Crippen LogP contribution is 2.39. The minimum absolute atomic E-state index is 0.355. The molecule has 0 unspecified atom stereocenters. The van der Waals surface area contributed by atoms with Gasteiger partial charge in [-0.25, -0.2) is 9.78 Å². The smallest absolute Gasteiger partial charge is 0.359 e. The van der Waals surface area contributed by atoms with Crippen LogP contribution in [0.1, 0.15) is 42.0 Å². The van der Waals surface area contributed by atoms with Crippen LogP contribution in [0.5, 0.6) is 0 Å². The van der Waals surface area contributed by atoms with Gasteiger partial charge in [0.15, 0.2) is 5.69 Å². The Labute approximate surface area is 90.2 Å². The van der Waals surface area contributed by atoms with Gasteiger partial charge in [0, 0.05) is 5.92 Å². The number of esters is 1. The summed E-state index contributed by atoms with van der Waals surface area (Å²) in [5.41, 5.74) is 0.355. The van der Waals surface area contributed by atoms with Crippen molar-refractivity contribution in [2.75, 3.05) is 6.61 Å². The molecule has 5 heteroatoms. The summed E-state index contributed by atoms with van der Waals surface area (Å²) in [6, 6.07) is 0. The fraction of sp³-hybridized carbons (Fsp3) is 0.556. The van der Waals surface area contributed by atoms with Crippen LogP contribution < -0.4 is 0 Å². The second-order valence-electron chi connectivity index (χ2n) is 3.28. The summed E-state index contributed by atoms with van der Waals surface area (Å²) < 4.78 is 5.49. The molecule has 4 nitrogen and oxygen atoms in total. The van der Waals surface area contributed by atoms with Crippen molar-refractivity contribution in [2.24, 2.45) is 0 Å². The number of hydrogen-bond acceptors (Lipinski definition) is 3. The highest BCUT2D eigenvalue weighted by atomic mass is 79.9. The molecule has 0 spiro atoms. The number of carbonyl (C=O) groups excluding carboxylic acids is 1.